The van der Waals surface area contributed by atoms with Crippen LogP contribution in [0.15, 0.2) is 12.4 Å². The average Bonchev–Trinajstić information content (AvgIpc) is 2.63. The van der Waals surface area contributed by atoms with E-state index in [2.05, 4.69) is 20.4 Å². The highest BCUT2D eigenvalue weighted by Gasteiger charge is 2.19. The zero-order valence-electron chi connectivity index (χ0n) is 10.4. The van der Waals surface area contributed by atoms with Crippen LogP contribution < -0.4 is 10.1 Å². The molecule has 0 radical (unpaired) electrons. The van der Waals surface area contributed by atoms with Gasteiger partial charge in [-0.2, -0.15) is 5.10 Å². The normalized spacial score (nSPS) is 10.4. The lowest BCUT2D eigenvalue weighted by Gasteiger charge is -2.08. The molecule has 2 aromatic rings. The number of rotatable bonds is 3. The van der Waals surface area contributed by atoms with E-state index in [9.17, 15) is 0 Å². The summed E-state index contributed by atoms with van der Waals surface area (Å²) in [6, 6.07) is 0. The van der Waals surface area contributed by atoms with E-state index in [0.29, 0.717) is 11.7 Å². The predicted molar refractivity (Wildman–Crippen MR) is 65.1 cm³/mol. The van der Waals surface area contributed by atoms with Crippen molar-refractivity contribution in [2.75, 3.05) is 19.5 Å². The Balaban J connectivity index is 2.67. The molecule has 0 atom stereocenters. The Morgan fingerprint density at radius 2 is 2.00 bits per heavy atom. The largest absolute Gasteiger partial charge is 0.481 e. The predicted octanol–water partition coefficient (Wildman–Crippen LogP) is 1.24. The Kier molecular flexibility index (Phi) is 2.95. The van der Waals surface area contributed by atoms with Crippen molar-refractivity contribution in [3.8, 4) is 17.1 Å². The SMILES string of the molecule is CNc1nccnc1-c1c(C)nn(C)c1OC. The number of hydrogen-bond acceptors (Lipinski definition) is 5. The number of anilines is 1. The first-order valence-corrected chi connectivity index (χ1v) is 5.25. The number of hydrogen-bond donors (Lipinski definition) is 1. The highest BCUT2D eigenvalue weighted by molar-refractivity contribution is 5.76. The van der Waals surface area contributed by atoms with Crippen molar-refractivity contribution in [2.24, 2.45) is 7.05 Å². The van der Waals surface area contributed by atoms with Crippen LogP contribution in [0.5, 0.6) is 5.88 Å². The van der Waals surface area contributed by atoms with E-state index >= 15 is 0 Å². The van der Waals surface area contributed by atoms with Crippen LogP contribution in [0.3, 0.4) is 0 Å². The van der Waals surface area contributed by atoms with Crippen LogP contribution in [-0.2, 0) is 7.05 Å². The number of methoxy groups -OCH3 is 1. The molecule has 1 N–H and O–H groups in total. The highest BCUT2D eigenvalue weighted by atomic mass is 16.5. The van der Waals surface area contributed by atoms with E-state index in [0.717, 1.165) is 17.0 Å². The molecular formula is C11H15N5O. The van der Waals surface area contributed by atoms with E-state index < -0.39 is 0 Å². The van der Waals surface area contributed by atoms with Gasteiger partial charge in [0.25, 0.3) is 0 Å². The van der Waals surface area contributed by atoms with E-state index in [4.69, 9.17) is 4.74 Å². The van der Waals surface area contributed by atoms with Gasteiger partial charge in [0.05, 0.1) is 18.4 Å². The third-order valence-electron chi connectivity index (χ3n) is 2.53. The minimum atomic E-state index is 0.680. The number of nitrogens with one attached hydrogen (secondary N) is 1. The van der Waals surface area contributed by atoms with E-state index in [1.54, 1.807) is 24.2 Å². The Bertz CT molecular complexity index is 535. The van der Waals surface area contributed by atoms with Gasteiger partial charge in [-0.15, -0.1) is 0 Å². The molecule has 0 saturated heterocycles. The van der Waals surface area contributed by atoms with Crippen LogP contribution in [0.2, 0.25) is 0 Å². The van der Waals surface area contributed by atoms with Gasteiger partial charge in [-0.1, -0.05) is 0 Å². The summed E-state index contributed by atoms with van der Waals surface area (Å²) in [5, 5.41) is 7.35. The lowest BCUT2D eigenvalue weighted by atomic mass is 10.1. The minimum Gasteiger partial charge on any atom is -0.481 e. The van der Waals surface area contributed by atoms with Crippen molar-refractivity contribution in [1.29, 1.82) is 0 Å². The lowest BCUT2D eigenvalue weighted by Crippen LogP contribution is -2.00. The fraction of sp³-hybridized carbons (Fsp3) is 0.364. The molecule has 0 saturated carbocycles. The van der Waals surface area contributed by atoms with Gasteiger partial charge in [-0.05, 0) is 6.92 Å². The van der Waals surface area contributed by atoms with Crippen molar-refractivity contribution >= 4 is 5.82 Å². The molecule has 0 aliphatic carbocycles. The molecule has 0 aromatic carbocycles. The van der Waals surface area contributed by atoms with Crippen LogP contribution in [0.25, 0.3) is 11.3 Å². The molecule has 2 heterocycles. The standard InChI is InChI=1S/C11H15N5O/c1-7-8(11(17-4)16(3)15-7)9-10(12-2)14-6-5-13-9/h5-6H,1-4H3,(H,12,14). The quantitative estimate of drug-likeness (QED) is 0.864. The molecule has 90 valence electrons. The van der Waals surface area contributed by atoms with Gasteiger partial charge in [-0.3, -0.25) is 4.98 Å². The van der Waals surface area contributed by atoms with Gasteiger partial charge in [0.2, 0.25) is 5.88 Å². The van der Waals surface area contributed by atoms with Gasteiger partial charge in [0.1, 0.15) is 5.69 Å². The topological polar surface area (TPSA) is 64.9 Å². The van der Waals surface area contributed by atoms with E-state index in [-0.39, 0.29) is 0 Å². The molecule has 6 nitrogen and oxygen atoms in total. The summed E-state index contributed by atoms with van der Waals surface area (Å²) in [6.07, 6.45) is 3.30. The summed E-state index contributed by atoms with van der Waals surface area (Å²) in [6.45, 7) is 1.92. The molecule has 0 fully saturated rings. The summed E-state index contributed by atoms with van der Waals surface area (Å²) in [7, 11) is 5.27. The van der Waals surface area contributed by atoms with Crippen molar-refractivity contribution in [1.82, 2.24) is 19.7 Å². The number of aryl methyl sites for hydroxylation is 2. The molecular weight excluding hydrogens is 218 g/mol. The minimum absolute atomic E-state index is 0.680. The number of nitrogens with zero attached hydrogens (tertiary/aromatic N) is 4. The smallest absolute Gasteiger partial charge is 0.221 e. The van der Waals surface area contributed by atoms with E-state index in [1.807, 2.05) is 21.0 Å². The van der Waals surface area contributed by atoms with Crippen molar-refractivity contribution in [3.63, 3.8) is 0 Å². The number of aromatic nitrogens is 4. The van der Waals surface area contributed by atoms with Crippen LogP contribution in [0.1, 0.15) is 5.69 Å². The summed E-state index contributed by atoms with van der Waals surface area (Å²) in [4.78, 5) is 8.58. The molecule has 17 heavy (non-hydrogen) atoms. The second-order valence-electron chi connectivity index (χ2n) is 3.60. The Labute approximate surface area is 99.7 Å². The summed E-state index contributed by atoms with van der Waals surface area (Å²) < 4.78 is 7.05. The first-order valence-electron chi connectivity index (χ1n) is 5.25. The first-order chi connectivity index (χ1) is 8.19. The van der Waals surface area contributed by atoms with Crippen molar-refractivity contribution in [3.05, 3.63) is 18.1 Å². The van der Waals surface area contributed by atoms with Crippen LogP contribution in [-0.4, -0.2) is 33.9 Å². The van der Waals surface area contributed by atoms with Gasteiger partial charge in [0, 0.05) is 26.5 Å². The van der Waals surface area contributed by atoms with Gasteiger partial charge >= 0.3 is 0 Å². The molecule has 6 heteroatoms. The van der Waals surface area contributed by atoms with Crippen molar-refractivity contribution < 1.29 is 4.74 Å². The summed E-state index contributed by atoms with van der Waals surface area (Å²) in [5.74, 6) is 1.39. The zero-order valence-corrected chi connectivity index (χ0v) is 10.4. The summed E-state index contributed by atoms with van der Waals surface area (Å²) in [5.41, 5.74) is 2.48. The molecule has 0 amide bonds. The first kappa shape index (κ1) is 11.4. The fourth-order valence-electron chi connectivity index (χ4n) is 1.85. The molecule has 0 aliphatic heterocycles. The van der Waals surface area contributed by atoms with Gasteiger partial charge in [0.15, 0.2) is 5.82 Å². The monoisotopic (exact) mass is 233 g/mol. The lowest BCUT2D eigenvalue weighted by molar-refractivity contribution is 0.374. The maximum absolute atomic E-state index is 5.36. The van der Waals surface area contributed by atoms with Gasteiger partial charge in [-0.25, -0.2) is 9.67 Å². The highest BCUT2D eigenvalue weighted by Crippen LogP contribution is 2.34. The molecule has 2 rings (SSSR count). The Morgan fingerprint density at radius 1 is 1.29 bits per heavy atom. The van der Waals surface area contributed by atoms with Crippen LogP contribution in [0.4, 0.5) is 5.82 Å². The number of ether oxygens (including phenoxy) is 1. The Morgan fingerprint density at radius 3 is 2.65 bits per heavy atom. The van der Waals surface area contributed by atoms with Crippen LogP contribution >= 0.6 is 0 Å². The van der Waals surface area contributed by atoms with Gasteiger partial charge < -0.3 is 10.1 Å². The zero-order chi connectivity index (χ0) is 12.4. The fourth-order valence-corrected chi connectivity index (χ4v) is 1.85. The molecule has 0 unspecified atom stereocenters. The summed E-state index contributed by atoms with van der Waals surface area (Å²) >= 11 is 0. The molecule has 0 spiro atoms. The molecule has 2 aromatic heterocycles. The maximum atomic E-state index is 5.36. The third kappa shape index (κ3) is 1.82. The molecule has 0 bridgehead atoms. The van der Waals surface area contributed by atoms with Crippen molar-refractivity contribution in [2.45, 2.75) is 6.92 Å². The third-order valence-corrected chi connectivity index (χ3v) is 2.53. The molecule has 0 aliphatic rings. The maximum Gasteiger partial charge on any atom is 0.221 e. The average molecular weight is 233 g/mol. The second-order valence-corrected chi connectivity index (χ2v) is 3.60. The van der Waals surface area contributed by atoms with E-state index in [1.165, 1.54) is 0 Å². The Hall–Kier alpha value is -2.11. The van der Waals surface area contributed by atoms with Crippen LogP contribution in [0, 0.1) is 6.92 Å². The second kappa shape index (κ2) is 4.40.